The van der Waals surface area contributed by atoms with Crippen LogP contribution in [0, 0.1) is 5.92 Å². The van der Waals surface area contributed by atoms with E-state index in [0.717, 1.165) is 10.8 Å². The first-order valence-corrected chi connectivity index (χ1v) is 7.27. The molecule has 0 aliphatic heterocycles. The van der Waals surface area contributed by atoms with E-state index in [0.29, 0.717) is 12.1 Å². The van der Waals surface area contributed by atoms with Crippen molar-refractivity contribution in [2.75, 3.05) is 12.1 Å². The Hall–Kier alpha value is -2.56. The molecule has 0 fully saturated rings. The van der Waals surface area contributed by atoms with Gasteiger partial charge in [0.05, 0.1) is 12.3 Å². The summed E-state index contributed by atoms with van der Waals surface area (Å²) in [5.41, 5.74) is 3.24. The highest BCUT2D eigenvalue weighted by Gasteiger charge is 2.28. The number of rotatable bonds is 6. The summed E-state index contributed by atoms with van der Waals surface area (Å²) in [6.45, 7) is 3.67. The topological polar surface area (TPSA) is 64.6 Å². The zero-order valence-corrected chi connectivity index (χ0v) is 12.7. The predicted molar refractivity (Wildman–Crippen MR) is 84.1 cm³/mol. The second-order valence-corrected chi connectivity index (χ2v) is 4.80. The van der Waals surface area contributed by atoms with Crippen molar-refractivity contribution in [3.05, 3.63) is 42.5 Å². The Kier molecular flexibility index (Phi) is 5.36. The van der Waals surface area contributed by atoms with Gasteiger partial charge in [-0.05, 0) is 36.2 Å². The van der Waals surface area contributed by atoms with Gasteiger partial charge >= 0.3 is 11.9 Å². The van der Waals surface area contributed by atoms with Crippen LogP contribution < -0.4 is 5.48 Å². The quantitative estimate of drug-likeness (QED) is 0.504. The first-order chi connectivity index (χ1) is 10.7. The summed E-state index contributed by atoms with van der Waals surface area (Å²) in [6.07, 6.45) is 0.330. The van der Waals surface area contributed by atoms with Crippen LogP contribution >= 0.6 is 0 Å². The number of carbonyl (C=O) groups excluding carboxylic acids is 2. The summed E-state index contributed by atoms with van der Waals surface area (Å²) >= 11 is 0. The molecule has 0 saturated heterocycles. The molecule has 116 valence electrons. The Bertz CT molecular complexity index is 669. The molecule has 1 atom stereocenters. The van der Waals surface area contributed by atoms with Crippen molar-refractivity contribution in [2.45, 2.75) is 20.3 Å². The SMILES string of the molecule is CCOC(=O)C(CC)C(=O)ONc1ccc2ccccc2c1. The third-order valence-corrected chi connectivity index (χ3v) is 3.28. The zero-order chi connectivity index (χ0) is 15.9. The molecule has 2 aromatic rings. The van der Waals surface area contributed by atoms with Crippen LogP contribution in [0.15, 0.2) is 42.5 Å². The number of nitrogens with one attached hydrogen (secondary N) is 1. The van der Waals surface area contributed by atoms with E-state index in [2.05, 4.69) is 5.48 Å². The van der Waals surface area contributed by atoms with E-state index in [9.17, 15) is 9.59 Å². The van der Waals surface area contributed by atoms with Gasteiger partial charge in [0.1, 0.15) is 0 Å². The van der Waals surface area contributed by atoms with Crippen LogP contribution in [0.5, 0.6) is 0 Å². The van der Waals surface area contributed by atoms with Crippen molar-refractivity contribution in [2.24, 2.45) is 5.92 Å². The molecule has 1 N–H and O–H groups in total. The van der Waals surface area contributed by atoms with Gasteiger partial charge in [-0.2, -0.15) is 0 Å². The first-order valence-electron chi connectivity index (χ1n) is 7.27. The van der Waals surface area contributed by atoms with Gasteiger partial charge in [-0.25, -0.2) is 10.3 Å². The normalized spacial score (nSPS) is 11.7. The summed E-state index contributed by atoms with van der Waals surface area (Å²) in [5, 5.41) is 2.12. The van der Waals surface area contributed by atoms with Crippen molar-refractivity contribution < 1.29 is 19.2 Å². The van der Waals surface area contributed by atoms with Gasteiger partial charge in [-0.3, -0.25) is 4.79 Å². The molecule has 5 nitrogen and oxygen atoms in total. The van der Waals surface area contributed by atoms with Crippen molar-refractivity contribution >= 4 is 28.4 Å². The summed E-state index contributed by atoms with van der Waals surface area (Å²) in [5.74, 6) is -2.11. The Labute approximate surface area is 129 Å². The second-order valence-electron chi connectivity index (χ2n) is 4.80. The van der Waals surface area contributed by atoms with Gasteiger partial charge in [0, 0.05) is 0 Å². The van der Waals surface area contributed by atoms with E-state index in [4.69, 9.17) is 9.57 Å². The Morgan fingerprint density at radius 1 is 1.05 bits per heavy atom. The Balaban J connectivity index is 2.00. The average Bonchev–Trinajstić information content (AvgIpc) is 2.53. The van der Waals surface area contributed by atoms with Gasteiger partial charge in [-0.1, -0.05) is 37.3 Å². The summed E-state index contributed by atoms with van der Waals surface area (Å²) in [7, 11) is 0. The highest BCUT2D eigenvalue weighted by atomic mass is 16.7. The lowest BCUT2D eigenvalue weighted by Crippen LogP contribution is -2.28. The third-order valence-electron chi connectivity index (χ3n) is 3.28. The molecule has 5 heteroatoms. The largest absolute Gasteiger partial charge is 0.465 e. The van der Waals surface area contributed by atoms with Crippen LogP contribution in [-0.4, -0.2) is 18.5 Å². The monoisotopic (exact) mass is 301 g/mol. The van der Waals surface area contributed by atoms with Crippen molar-refractivity contribution in [3.63, 3.8) is 0 Å². The maximum atomic E-state index is 11.9. The summed E-state index contributed by atoms with van der Waals surface area (Å²) in [6, 6.07) is 13.5. The van der Waals surface area contributed by atoms with E-state index < -0.39 is 17.9 Å². The lowest BCUT2D eigenvalue weighted by atomic mass is 10.1. The van der Waals surface area contributed by atoms with E-state index >= 15 is 0 Å². The van der Waals surface area contributed by atoms with Crippen molar-refractivity contribution in [1.29, 1.82) is 0 Å². The minimum Gasteiger partial charge on any atom is -0.465 e. The molecule has 0 bridgehead atoms. The number of anilines is 1. The highest BCUT2D eigenvalue weighted by molar-refractivity contribution is 5.95. The molecule has 0 aliphatic carbocycles. The Morgan fingerprint density at radius 3 is 2.45 bits per heavy atom. The molecule has 2 aromatic carbocycles. The van der Waals surface area contributed by atoms with E-state index in [1.165, 1.54) is 0 Å². The summed E-state index contributed by atoms with van der Waals surface area (Å²) in [4.78, 5) is 28.6. The van der Waals surface area contributed by atoms with Gasteiger partial charge in [0.2, 0.25) is 0 Å². The van der Waals surface area contributed by atoms with Crippen LogP contribution in [-0.2, 0) is 19.2 Å². The smallest absolute Gasteiger partial charge is 0.346 e. The standard InChI is InChI=1S/C17H19NO4/c1-3-15(16(19)21-4-2)17(20)22-18-14-10-9-12-7-5-6-8-13(12)11-14/h5-11,15,18H,3-4H2,1-2H3. The van der Waals surface area contributed by atoms with Crippen LogP contribution in [0.1, 0.15) is 20.3 Å². The molecule has 1 unspecified atom stereocenters. The van der Waals surface area contributed by atoms with Crippen LogP contribution in [0.4, 0.5) is 5.69 Å². The molecule has 0 aromatic heterocycles. The van der Waals surface area contributed by atoms with Crippen molar-refractivity contribution in [1.82, 2.24) is 0 Å². The van der Waals surface area contributed by atoms with E-state index in [-0.39, 0.29) is 6.61 Å². The number of hydrogen-bond acceptors (Lipinski definition) is 5. The molecular weight excluding hydrogens is 282 g/mol. The molecule has 0 spiro atoms. The van der Waals surface area contributed by atoms with Gasteiger partial charge < -0.3 is 9.57 Å². The summed E-state index contributed by atoms with van der Waals surface area (Å²) < 4.78 is 4.86. The van der Waals surface area contributed by atoms with Crippen LogP contribution in [0.25, 0.3) is 10.8 Å². The number of hydrogen-bond donors (Lipinski definition) is 1. The maximum Gasteiger partial charge on any atom is 0.346 e. The Morgan fingerprint density at radius 2 is 1.77 bits per heavy atom. The fraction of sp³-hybridized carbons (Fsp3) is 0.294. The zero-order valence-electron chi connectivity index (χ0n) is 12.7. The number of ether oxygens (including phenoxy) is 1. The highest BCUT2D eigenvalue weighted by Crippen LogP contribution is 2.19. The molecule has 0 aliphatic rings. The minimum atomic E-state index is -0.909. The van der Waals surface area contributed by atoms with Crippen LogP contribution in [0.3, 0.4) is 0 Å². The van der Waals surface area contributed by atoms with Crippen LogP contribution in [0.2, 0.25) is 0 Å². The fourth-order valence-electron chi connectivity index (χ4n) is 2.11. The minimum absolute atomic E-state index is 0.237. The lowest BCUT2D eigenvalue weighted by molar-refractivity contribution is -0.160. The number of benzene rings is 2. The maximum absolute atomic E-state index is 11.9. The second kappa shape index (κ2) is 7.45. The number of carbonyl (C=O) groups is 2. The molecule has 0 amide bonds. The van der Waals surface area contributed by atoms with E-state index in [1.54, 1.807) is 19.9 Å². The molecule has 2 rings (SSSR count). The lowest BCUT2D eigenvalue weighted by Gasteiger charge is -2.13. The fourth-order valence-corrected chi connectivity index (χ4v) is 2.11. The average molecular weight is 301 g/mol. The number of fused-ring (bicyclic) bond motifs is 1. The molecule has 0 heterocycles. The third kappa shape index (κ3) is 3.75. The van der Waals surface area contributed by atoms with Gasteiger partial charge in [0.25, 0.3) is 0 Å². The molecule has 22 heavy (non-hydrogen) atoms. The van der Waals surface area contributed by atoms with Gasteiger partial charge in [0.15, 0.2) is 5.92 Å². The van der Waals surface area contributed by atoms with Gasteiger partial charge in [-0.15, -0.1) is 0 Å². The molecule has 0 saturated carbocycles. The number of esters is 1. The first kappa shape index (κ1) is 15.8. The molecular formula is C17H19NO4. The molecule has 0 radical (unpaired) electrons. The predicted octanol–water partition coefficient (Wildman–Crippen LogP) is 3.30. The van der Waals surface area contributed by atoms with E-state index in [1.807, 2.05) is 36.4 Å². The van der Waals surface area contributed by atoms with Crippen molar-refractivity contribution in [3.8, 4) is 0 Å².